The maximum absolute atomic E-state index is 12.6. The number of fused-ring (bicyclic) bond motifs is 1. The van der Waals surface area contributed by atoms with E-state index in [1.165, 1.54) is 0 Å². The Bertz CT molecular complexity index is 878. The summed E-state index contributed by atoms with van der Waals surface area (Å²) in [5, 5.41) is 7.55. The number of esters is 1. The van der Waals surface area contributed by atoms with Gasteiger partial charge in [-0.3, -0.25) is 0 Å². The van der Waals surface area contributed by atoms with Gasteiger partial charge in [-0.2, -0.15) is 0 Å². The summed E-state index contributed by atoms with van der Waals surface area (Å²) in [6, 6.07) is 12.8. The molecule has 2 aromatic rings. The number of amides is 2. The summed E-state index contributed by atoms with van der Waals surface area (Å²) < 4.78 is 5.32. The summed E-state index contributed by atoms with van der Waals surface area (Å²) in [7, 11) is 0. The van der Waals surface area contributed by atoms with Crippen LogP contribution in [0, 0.1) is 0 Å². The van der Waals surface area contributed by atoms with E-state index in [-0.39, 0.29) is 12.6 Å². The number of carbonyl (C=O) groups is 2. The topological polar surface area (TPSA) is 67.4 Å². The van der Waals surface area contributed by atoms with Crippen LogP contribution < -0.4 is 10.6 Å². The van der Waals surface area contributed by atoms with E-state index in [1.54, 1.807) is 13.0 Å². The first-order valence-corrected chi connectivity index (χ1v) is 8.16. The van der Waals surface area contributed by atoms with E-state index in [4.69, 9.17) is 4.74 Å². The van der Waals surface area contributed by atoms with Crippen molar-refractivity contribution in [1.29, 1.82) is 0 Å². The van der Waals surface area contributed by atoms with Crippen molar-refractivity contribution in [3.8, 4) is 0 Å². The third-order valence-corrected chi connectivity index (χ3v) is 4.17. The average molecular weight is 336 g/mol. The second-order valence-corrected chi connectivity index (χ2v) is 5.81. The zero-order valence-corrected chi connectivity index (χ0v) is 14.2. The summed E-state index contributed by atoms with van der Waals surface area (Å²) in [6.45, 7) is 3.77. The van der Waals surface area contributed by atoms with Gasteiger partial charge in [0.05, 0.1) is 11.6 Å². The number of benzene rings is 2. The molecule has 25 heavy (non-hydrogen) atoms. The van der Waals surface area contributed by atoms with Crippen LogP contribution in [0.15, 0.2) is 65.9 Å². The highest BCUT2D eigenvalue weighted by molar-refractivity contribution is 5.97. The monoisotopic (exact) mass is 336 g/mol. The molecule has 0 aromatic heterocycles. The minimum Gasteiger partial charge on any atom is -0.458 e. The predicted octanol–water partition coefficient (Wildman–Crippen LogP) is 3.59. The third kappa shape index (κ3) is 3.40. The largest absolute Gasteiger partial charge is 0.458 e. The van der Waals surface area contributed by atoms with E-state index in [9.17, 15) is 9.59 Å². The van der Waals surface area contributed by atoms with E-state index >= 15 is 0 Å². The minimum absolute atomic E-state index is 0.197. The molecule has 2 N–H and O–H groups in total. The highest BCUT2D eigenvalue weighted by Gasteiger charge is 2.32. The fourth-order valence-electron chi connectivity index (χ4n) is 3.00. The van der Waals surface area contributed by atoms with Crippen molar-refractivity contribution in [2.24, 2.45) is 0 Å². The number of hydrogen-bond donors (Lipinski definition) is 2. The molecule has 5 heteroatoms. The van der Waals surface area contributed by atoms with Gasteiger partial charge in [0.2, 0.25) is 0 Å². The molecule has 1 atom stereocenters. The summed E-state index contributed by atoms with van der Waals surface area (Å²) >= 11 is 0. The first-order valence-electron chi connectivity index (χ1n) is 8.16. The molecule has 5 nitrogen and oxygen atoms in total. The van der Waals surface area contributed by atoms with E-state index in [2.05, 4.69) is 10.6 Å². The van der Waals surface area contributed by atoms with Crippen LogP contribution in [0.4, 0.5) is 4.79 Å². The molecule has 0 bridgehead atoms. The Hall–Kier alpha value is -3.08. The van der Waals surface area contributed by atoms with Gasteiger partial charge in [0.1, 0.15) is 6.61 Å². The van der Waals surface area contributed by atoms with Crippen molar-refractivity contribution < 1.29 is 14.3 Å². The third-order valence-electron chi connectivity index (χ3n) is 4.17. The van der Waals surface area contributed by atoms with Gasteiger partial charge >= 0.3 is 12.0 Å². The number of hydrogen-bond acceptors (Lipinski definition) is 3. The van der Waals surface area contributed by atoms with E-state index in [0.29, 0.717) is 11.3 Å². The maximum atomic E-state index is 12.6. The number of allylic oxidation sites excluding steroid dienone is 2. The molecule has 0 aliphatic carbocycles. The lowest BCUT2D eigenvalue weighted by Crippen LogP contribution is -2.45. The highest BCUT2D eigenvalue weighted by Crippen LogP contribution is 2.32. The smallest absolute Gasteiger partial charge is 0.338 e. The van der Waals surface area contributed by atoms with Crippen LogP contribution in [0.5, 0.6) is 0 Å². The lowest BCUT2D eigenvalue weighted by atomic mass is 9.91. The quantitative estimate of drug-likeness (QED) is 0.662. The lowest BCUT2D eigenvalue weighted by Gasteiger charge is -2.28. The summed E-state index contributed by atoms with van der Waals surface area (Å²) in [4.78, 5) is 24.6. The lowest BCUT2D eigenvalue weighted by molar-refractivity contribution is -0.138. The molecule has 1 unspecified atom stereocenters. The molecule has 2 aromatic carbocycles. The zero-order chi connectivity index (χ0) is 17.8. The van der Waals surface area contributed by atoms with Crippen LogP contribution in [0.2, 0.25) is 0 Å². The van der Waals surface area contributed by atoms with Gasteiger partial charge in [0.25, 0.3) is 0 Å². The van der Waals surface area contributed by atoms with Gasteiger partial charge in [-0.1, -0.05) is 54.6 Å². The molecule has 0 spiro atoms. The van der Waals surface area contributed by atoms with Crippen molar-refractivity contribution in [3.63, 3.8) is 0 Å². The molecule has 0 saturated carbocycles. The number of urea groups is 1. The number of nitrogens with one attached hydrogen (secondary N) is 2. The Morgan fingerprint density at radius 2 is 1.96 bits per heavy atom. The number of carbonyl (C=O) groups excluding carboxylic acids is 2. The van der Waals surface area contributed by atoms with Gasteiger partial charge < -0.3 is 15.4 Å². The second-order valence-electron chi connectivity index (χ2n) is 5.81. The van der Waals surface area contributed by atoms with E-state index < -0.39 is 12.0 Å². The van der Waals surface area contributed by atoms with Crippen molar-refractivity contribution in [3.05, 3.63) is 71.5 Å². The van der Waals surface area contributed by atoms with Gasteiger partial charge in [-0.15, -0.1) is 0 Å². The number of ether oxygens (including phenoxy) is 1. The number of rotatable bonds is 4. The minimum atomic E-state index is -0.557. The van der Waals surface area contributed by atoms with Crippen molar-refractivity contribution >= 4 is 22.8 Å². The molecule has 128 valence electrons. The molecule has 0 fully saturated rings. The van der Waals surface area contributed by atoms with Crippen LogP contribution in [-0.4, -0.2) is 18.6 Å². The van der Waals surface area contributed by atoms with Gasteiger partial charge in [-0.25, -0.2) is 9.59 Å². The summed E-state index contributed by atoms with van der Waals surface area (Å²) in [5.74, 6) is -0.443. The van der Waals surface area contributed by atoms with E-state index in [0.717, 1.165) is 16.3 Å². The summed E-state index contributed by atoms with van der Waals surface area (Å²) in [5.41, 5.74) is 1.79. The van der Waals surface area contributed by atoms with Crippen LogP contribution in [0.1, 0.15) is 25.5 Å². The first-order chi connectivity index (χ1) is 12.1. The molecule has 2 amide bonds. The Balaban J connectivity index is 2.06. The Kier molecular flexibility index (Phi) is 4.84. The molecule has 3 rings (SSSR count). The van der Waals surface area contributed by atoms with Gasteiger partial charge in [0, 0.05) is 5.70 Å². The van der Waals surface area contributed by atoms with Crippen LogP contribution >= 0.6 is 0 Å². The maximum Gasteiger partial charge on any atom is 0.338 e. The SMILES string of the molecule is CC=CCOC(=O)C1=C(C)NC(=O)NC1c1cccc2ccccc12. The van der Waals surface area contributed by atoms with Crippen LogP contribution in [0.3, 0.4) is 0 Å². The molecular weight excluding hydrogens is 316 g/mol. The second kappa shape index (κ2) is 7.21. The van der Waals surface area contributed by atoms with Crippen LogP contribution in [0.25, 0.3) is 10.8 Å². The van der Waals surface area contributed by atoms with Crippen molar-refractivity contribution in [2.75, 3.05) is 6.61 Å². The Morgan fingerprint density at radius 3 is 2.76 bits per heavy atom. The molecule has 1 aliphatic heterocycles. The molecular formula is C20H20N2O3. The van der Waals surface area contributed by atoms with Crippen LogP contribution in [-0.2, 0) is 9.53 Å². The van der Waals surface area contributed by atoms with Crippen molar-refractivity contribution in [1.82, 2.24) is 10.6 Å². The summed E-state index contributed by atoms with van der Waals surface area (Å²) in [6.07, 6.45) is 3.58. The fraction of sp³-hybridized carbons (Fsp3) is 0.200. The fourth-order valence-corrected chi connectivity index (χ4v) is 3.00. The standard InChI is InChI=1S/C20H20N2O3/c1-3-4-12-25-19(23)17-13(2)21-20(24)22-18(17)16-11-7-9-14-8-5-6-10-15(14)16/h3-11,18H,12H2,1-2H3,(H2,21,22,24). The van der Waals surface area contributed by atoms with Gasteiger partial charge in [-0.05, 0) is 30.2 Å². The van der Waals surface area contributed by atoms with Gasteiger partial charge in [0.15, 0.2) is 0 Å². The normalized spacial score (nSPS) is 17.5. The molecule has 0 radical (unpaired) electrons. The van der Waals surface area contributed by atoms with E-state index in [1.807, 2.05) is 55.5 Å². The molecule has 0 saturated heterocycles. The molecule has 1 aliphatic rings. The highest BCUT2D eigenvalue weighted by atomic mass is 16.5. The zero-order valence-electron chi connectivity index (χ0n) is 14.2. The Morgan fingerprint density at radius 1 is 1.20 bits per heavy atom. The molecule has 1 heterocycles. The van der Waals surface area contributed by atoms with Crippen molar-refractivity contribution in [2.45, 2.75) is 19.9 Å². The average Bonchev–Trinajstić information content (AvgIpc) is 2.60. The predicted molar refractivity (Wildman–Crippen MR) is 96.8 cm³/mol. The Labute approximate surface area is 146 Å². The first kappa shape index (κ1) is 16.8.